The zero-order valence-electron chi connectivity index (χ0n) is 12.7. The molecule has 4 heteroatoms. The van der Waals surface area contributed by atoms with Gasteiger partial charge in [0.25, 0.3) is 0 Å². The molecule has 0 saturated carbocycles. The Labute approximate surface area is 138 Å². The first-order valence-electron chi connectivity index (χ1n) is 7.35. The minimum absolute atomic E-state index is 0. The summed E-state index contributed by atoms with van der Waals surface area (Å²) in [7, 11) is 0. The van der Waals surface area contributed by atoms with Gasteiger partial charge in [-0.15, -0.1) is 12.4 Å². The first kappa shape index (κ1) is 18.2. The monoisotopic (exact) mass is 318 g/mol. The molecule has 0 unspecified atom stereocenters. The molecule has 0 bridgehead atoms. The number of nitrogens with zero attached hydrogens (tertiary/aromatic N) is 1. The third kappa shape index (κ3) is 5.88. The van der Waals surface area contributed by atoms with Gasteiger partial charge in [0.1, 0.15) is 0 Å². The van der Waals surface area contributed by atoms with Crippen LogP contribution in [0.1, 0.15) is 11.1 Å². The van der Waals surface area contributed by atoms with E-state index in [1.54, 1.807) is 0 Å². The molecule has 0 aliphatic heterocycles. The van der Waals surface area contributed by atoms with Gasteiger partial charge in [-0.25, -0.2) is 0 Å². The van der Waals surface area contributed by atoms with Crippen LogP contribution >= 0.6 is 12.4 Å². The van der Waals surface area contributed by atoms with E-state index in [4.69, 9.17) is 5.73 Å². The van der Waals surface area contributed by atoms with Gasteiger partial charge in [0, 0.05) is 13.1 Å². The fourth-order valence-corrected chi connectivity index (χ4v) is 2.31. The number of hydrogen-bond acceptors (Lipinski definition) is 2. The maximum absolute atomic E-state index is 12.0. The van der Waals surface area contributed by atoms with Crippen molar-refractivity contribution in [1.29, 1.82) is 0 Å². The molecule has 0 saturated heterocycles. The van der Waals surface area contributed by atoms with Crippen molar-refractivity contribution in [2.24, 2.45) is 5.73 Å². The Hall–Kier alpha value is -1.84. The van der Waals surface area contributed by atoms with E-state index in [1.165, 1.54) is 11.1 Å². The fourth-order valence-electron chi connectivity index (χ4n) is 2.31. The smallest absolute Gasteiger partial charge is 0.236 e. The van der Waals surface area contributed by atoms with Crippen molar-refractivity contribution in [2.75, 3.05) is 19.6 Å². The second-order valence-electron chi connectivity index (χ2n) is 5.06. The molecule has 0 fully saturated rings. The predicted octanol–water partition coefficient (Wildman–Crippen LogP) is 2.68. The predicted molar refractivity (Wildman–Crippen MR) is 93.2 cm³/mol. The molecular formula is C18H23ClN2O. The van der Waals surface area contributed by atoms with Crippen LogP contribution in [0.2, 0.25) is 0 Å². The van der Waals surface area contributed by atoms with E-state index in [1.807, 2.05) is 41.3 Å². The standard InChI is InChI=1S/C18H22N2O.ClH/c19-15-18(21)20(13-11-16-7-3-1-4-8-16)14-12-17-9-5-2-6-10-17;/h1-10H,11-15,19H2;1H. The number of nitrogens with two attached hydrogens (primary N) is 1. The highest BCUT2D eigenvalue weighted by Gasteiger charge is 2.11. The third-order valence-electron chi connectivity index (χ3n) is 3.55. The van der Waals surface area contributed by atoms with Gasteiger partial charge in [-0.2, -0.15) is 0 Å². The summed E-state index contributed by atoms with van der Waals surface area (Å²) in [5, 5.41) is 0. The van der Waals surface area contributed by atoms with Gasteiger partial charge in [-0.1, -0.05) is 60.7 Å². The van der Waals surface area contributed by atoms with Crippen molar-refractivity contribution in [2.45, 2.75) is 12.8 Å². The fraction of sp³-hybridized carbons (Fsp3) is 0.278. The van der Waals surface area contributed by atoms with Crippen molar-refractivity contribution < 1.29 is 4.79 Å². The van der Waals surface area contributed by atoms with Gasteiger partial charge >= 0.3 is 0 Å². The summed E-state index contributed by atoms with van der Waals surface area (Å²) in [6.07, 6.45) is 1.72. The topological polar surface area (TPSA) is 46.3 Å². The lowest BCUT2D eigenvalue weighted by Gasteiger charge is -2.22. The molecule has 2 aromatic rings. The van der Waals surface area contributed by atoms with Crippen molar-refractivity contribution in [3.05, 3.63) is 71.8 Å². The molecule has 2 aromatic carbocycles. The lowest BCUT2D eigenvalue weighted by Crippen LogP contribution is -2.38. The highest BCUT2D eigenvalue weighted by Crippen LogP contribution is 2.05. The molecular weight excluding hydrogens is 296 g/mol. The first-order chi connectivity index (χ1) is 10.3. The van der Waals surface area contributed by atoms with Crippen LogP contribution in [-0.4, -0.2) is 30.4 Å². The van der Waals surface area contributed by atoms with E-state index in [2.05, 4.69) is 24.3 Å². The number of carbonyl (C=O) groups excluding carboxylic acids is 1. The van der Waals surface area contributed by atoms with Crippen LogP contribution in [0.3, 0.4) is 0 Å². The normalized spacial score (nSPS) is 9.86. The molecule has 0 aliphatic rings. The summed E-state index contributed by atoms with van der Waals surface area (Å²) in [5.74, 6) is 0.0156. The van der Waals surface area contributed by atoms with Crippen LogP contribution in [0.25, 0.3) is 0 Å². The Bertz CT molecular complexity index is 502. The number of carbonyl (C=O) groups is 1. The van der Waals surface area contributed by atoms with Crippen LogP contribution in [0.15, 0.2) is 60.7 Å². The molecule has 0 atom stereocenters. The van der Waals surface area contributed by atoms with E-state index in [9.17, 15) is 4.79 Å². The minimum atomic E-state index is 0. The molecule has 2 rings (SSSR count). The van der Waals surface area contributed by atoms with E-state index in [0.29, 0.717) is 13.1 Å². The lowest BCUT2D eigenvalue weighted by atomic mass is 10.1. The van der Waals surface area contributed by atoms with E-state index < -0.39 is 0 Å². The Morgan fingerprint density at radius 2 is 1.23 bits per heavy atom. The van der Waals surface area contributed by atoms with Gasteiger partial charge in [-0.05, 0) is 24.0 Å². The lowest BCUT2D eigenvalue weighted by molar-refractivity contribution is -0.129. The zero-order chi connectivity index (χ0) is 14.9. The van der Waals surface area contributed by atoms with Crippen LogP contribution < -0.4 is 5.73 Å². The van der Waals surface area contributed by atoms with Crippen LogP contribution in [0.5, 0.6) is 0 Å². The van der Waals surface area contributed by atoms with Gasteiger partial charge in [0.05, 0.1) is 6.54 Å². The molecule has 0 heterocycles. The van der Waals surface area contributed by atoms with Crippen LogP contribution in [0, 0.1) is 0 Å². The second-order valence-corrected chi connectivity index (χ2v) is 5.06. The van der Waals surface area contributed by atoms with Crippen molar-refractivity contribution in [3.8, 4) is 0 Å². The Kier molecular flexibility index (Phi) is 8.26. The summed E-state index contributed by atoms with van der Waals surface area (Å²) < 4.78 is 0. The summed E-state index contributed by atoms with van der Waals surface area (Å²) in [6.45, 7) is 1.50. The summed E-state index contributed by atoms with van der Waals surface area (Å²) in [6, 6.07) is 20.4. The van der Waals surface area contributed by atoms with E-state index in [-0.39, 0.29) is 24.9 Å². The molecule has 118 valence electrons. The number of hydrogen-bond donors (Lipinski definition) is 1. The Morgan fingerprint density at radius 3 is 1.59 bits per heavy atom. The first-order valence-corrected chi connectivity index (χ1v) is 7.35. The zero-order valence-corrected chi connectivity index (χ0v) is 13.5. The second kappa shape index (κ2) is 9.98. The highest BCUT2D eigenvalue weighted by molar-refractivity contribution is 5.85. The summed E-state index contributed by atoms with van der Waals surface area (Å²) in [5.41, 5.74) is 8.00. The molecule has 0 radical (unpaired) electrons. The number of benzene rings is 2. The molecule has 0 spiro atoms. The third-order valence-corrected chi connectivity index (χ3v) is 3.55. The molecule has 0 aromatic heterocycles. The van der Waals surface area contributed by atoms with Gasteiger partial charge in [0.15, 0.2) is 0 Å². The molecule has 2 N–H and O–H groups in total. The number of amides is 1. The van der Waals surface area contributed by atoms with E-state index >= 15 is 0 Å². The Balaban J connectivity index is 0.00000242. The highest BCUT2D eigenvalue weighted by atomic mass is 35.5. The SMILES string of the molecule is Cl.NCC(=O)N(CCc1ccccc1)CCc1ccccc1. The maximum Gasteiger partial charge on any atom is 0.236 e. The largest absolute Gasteiger partial charge is 0.341 e. The van der Waals surface area contributed by atoms with Gasteiger partial charge < -0.3 is 10.6 Å². The van der Waals surface area contributed by atoms with Crippen LogP contribution in [0.4, 0.5) is 0 Å². The average molecular weight is 319 g/mol. The quantitative estimate of drug-likeness (QED) is 0.853. The van der Waals surface area contributed by atoms with Gasteiger partial charge in [-0.3, -0.25) is 4.79 Å². The molecule has 0 aliphatic carbocycles. The molecule has 3 nitrogen and oxygen atoms in total. The van der Waals surface area contributed by atoms with E-state index in [0.717, 1.165) is 12.8 Å². The number of halogens is 1. The van der Waals surface area contributed by atoms with Crippen LogP contribution in [-0.2, 0) is 17.6 Å². The summed E-state index contributed by atoms with van der Waals surface area (Å²) >= 11 is 0. The molecule has 1 amide bonds. The minimum Gasteiger partial charge on any atom is -0.341 e. The van der Waals surface area contributed by atoms with Gasteiger partial charge in [0.2, 0.25) is 5.91 Å². The number of rotatable bonds is 7. The van der Waals surface area contributed by atoms with Crippen molar-refractivity contribution in [3.63, 3.8) is 0 Å². The summed E-state index contributed by atoms with van der Waals surface area (Å²) in [4.78, 5) is 13.8. The average Bonchev–Trinajstić information content (AvgIpc) is 2.56. The van der Waals surface area contributed by atoms with Crippen molar-refractivity contribution in [1.82, 2.24) is 4.90 Å². The Morgan fingerprint density at radius 1 is 0.818 bits per heavy atom. The maximum atomic E-state index is 12.0. The molecule has 22 heavy (non-hydrogen) atoms. The van der Waals surface area contributed by atoms with Crippen molar-refractivity contribution >= 4 is 18.3 Å².